The summed E-state index contributed by atoms with van der Waals surface area (Å²) in [5.41, 5.74) is 6.11. The molecule has 0 radical (unpaired) electrons. The Morgan fingerprint density at radius 3 is 2.87 bits per heavy atom. The monoisotopic (exact) mass is 272 g/mol. The molecule has 0 saturated carbocycles. The van der Waals surface area contributed by atoms with E-state index in [1.165, 1.54) is 6.20 Å². The number of carbonyl (C=O) groups is 1. The number of halogens is 1. The summed E-state index contributed by atoms with van der Waals surface area (Å²) in [5, 5.41) is 5.51. The van der Waals surface area contributed by atoms with Crippen LogP contribution in [0.2, 0.25) is 0 Å². The molecule has 0 saturated heterocycles. The molecule has 1 heterocycles. The lowest BCUT2D eigenvalue weighted by Crippen LogP contribution is -2.35. The largest absolute Gasteiger partial charge is 0.397 e. The average molecular weight is 273 g/mol. The van der Waals surface area contributed by atoms with Gasteiger partial charge in [0.25, 0.3) is 0 Å². The molecule has 82 valence electrons. The first kappa shape index (κ1) is 11.8. The molecule has 0 aliphatic carbocycles. The first-order chi connectivity index (χ1) is 7.04. The van der Waals surface area contributed by atoms with E-state index >= 15 is 0 Å². The van der Waals surface area contributed by atoms with E-state index in [9.17, 15) is 4.79 Å². The third-order valence-corrected chi connectivity index (χ3v) is 2.46. The molecule has 6 heteroatoms. The average Bonchev–Trinajstić information content (AvgIpc) is 2.20. The topological polar surface area (TPSA) is 80.0 Å². The van der Waals surface area contributed by atoms with Gasteiger partial charge in [-0.2, -0.15) is 0 Å². The van der Waals surface area contributed by atoms with Crippen LogP contribution in [-0.4, -0.2) is 24.0 Å². The van der Waals surface area contributed by atoms with Gasteiger partial charge in [0.15, 0.2) is 0 Å². The Kier molecular flexibility index (Phi) is 3.90. The summed E-state index contributed by atoms with van der Waals surface area (Å²) in [7, 11) is 1.59. The molecule has 0 aliphatic heterocycles. The predicted molar refractivity (Wildman–Crippen MR) is 63.5 cm³/mol. The molecule has 0 aromatic carbocycles. The second-order valence-electron chi connectivity index (χ2n) is 3.08. The van der Waals surface area contributed by atoms with Gasteiger partial charge in [-0.05, 0) is 28.9 Å². The number of nitrogen functional groups attached to an aromatic ring is 1. The Morgan fingerprint density at radius 2 is 2.33 bits per heavy atom. The van der Waals surface area contributed by atoms with E-state index < -0.39 is 0 Å². The molecular formula is C9H13BrN4O. The molecular weight excluding hydrogens is 260 g/mol. The molecule has 0 bridgehead atoms. The summed E-state index contributed by atoms with van der Waals surface area (Å²) in [6.07, 6.45) is 1.53. The smallest absolute Gasteiger partial charge is 0.241 e. The minimum Gasteiger partial charge on any atom is -0.397 e. The zero-order valence-electron chi connectivity index (χ0n) is 8.54. The van der Waals surface area contributed by atoms with E-state index in [-0.39, 0.29) is 11.9 Å². The Balaban J connectivity index is 2.76. The van der Waals surface area contributed by atoms with Crippen molar-refractivity contribution in [1.29, 1.82) is 0 Å². The molecule has 0 aliphatic rings. The first-order valence-electron chi connectivity index (χ1n) is 4.43. The summed E-state index contributed by atoms with van der Waals surface area (Å²) in [6, 6.07) is 1.38. The quantitative estimate of drug-likeness (QED) is 0.766. The van der Waals surface area contributed by atoms with Crippen molar-refractivity contribution in [3.05, 3.63) is 16.7 Å². The lowest BCUT2D eigenvalue weighted by Gasteiger charge is -2.13. The number of aromatic nitrogens is 1. The van der Waals surface area contributed by atoms with Gasteiger partial charge in [-0.1, -0.05) is 0 Å². The van der Waals surface area contributed by atoms with Crippen molar-refractivity contribution in [1.82, 2.24) is 10.3 Å². The van der Waals surface area contributed by atoms with Crippen LogP contribution in [0.15, 0.2) is 16.7 Å². The molecule has 1 aromatic rings. The van der Waals surface area contributed by atoms with Gasteiger partial charge in [0.05, 0.1) is 16.4 Å². The zero-order valence-corrected chi connectivity index (χ0v) is 10.1. The number of amides is 1. The number of nitrogens with two attached hydrogens (primary N) is 1. The van der Waals surface area contributed by atoms with Gasteiger partial charge in [-0.15, -0.1) is 0 Å². The molecule has 1 amide bonds. The molecule has 1 unspecified atom stereocenters. The number of anilines is 2. The molecule has 5 nitrogen and oxygen atoms in total. The number of hydrogen-bond acceptors (Lipinski definition) is 4. The minimum absolute atomic E-state index is 0.0967. The maximum Gasteiger partial charge on any atom is 0.241 e. The molecule has 1 atom stereocenters. The highest BCUT2D eigenvalue weighted by molar-refractivity contribution is 9.10. The van der Waals surface area contributed by atoms with E-state index in [1.807, 2.05) is 0 Å². The maximum absolute atomic E-state index is 11.3. The number of carbonyl (C=O) groups excluding carboxylic acids is 1. The number of nitrogens with zero attached hydrogens (tertiary/aromatic N) is 1. The van der Waals surface area contributed by atoms with Gasteiger partial charge in [-0.3, -0.25) is 4.79 Å². The summed E-state index contributed by atoms with van der Waals surface area (Å²) in [5.74, 6) is 0.501. The summed E-state index contributed by atoms with van der Waals surface area (Å²) in [4.78, 5) is 15.3. The van der Waals surface area contributed by atoms with Crippen molar-refractivity contribution in [3.8, 4) is 0 Å². The second-order valence-corrected chi connectivity index (χ2v) is 3.93. The van der Waals surface area contributed by atoms with Gasteiger partial charge in [0, 0.05) is 7.05 Å². The van der Waals surface area contributed by atoms with Crippen LogP contribution < -0.4 is 16.4 Å². The fourth-order valence-corrected chi connectivity index (χ4v) is 1.53. The second kappa shape index (κ2) is 4.97. The Labute approximate surface area is 96.6 Å². The van der Waals surface area contributed by atoms with Crippen molar-refractivity contribution >= 4 is 33.3 Å². The zero-order chi connectivity index (χ0) is 11.4. The van der Waals surface area contributed by atoms with E-state index in [2.05, 4.69) is 31.5 Å². The van der Waals surface area contributed by atoms with Crippen LogP contribution in [0.3, 0.4) is 0 Å². The van der Waals surface area contributed by atoms with Crippen LogP contribution in [0.1, 0.15) is 6.92 Å². The van der Waals surface area contributed by atoms with Gasteiger partial charge in [0.2, 0.25) is 5.91 Å². The third-order valence-electron chi connectivity index (χ3n) is 1.86. The van der Waals surface area contributed by atoms with Crippen LogP contribution in [-0.2, 0) is 4.79 Å². The van der Waals surface area contributed by atoms with Crippen LogP contribution in [0.5, 0.6) is 0 Å². The minimum atomic E-state index is -0.345. The van der Waals surface area contributed by atoms with Crippen LogP contribution in [0.4, 0.5) is 11.5 Å². The van der Waals surface area contributed by atoms with Crippen molar-refractivity contribution in [2.24, 2.45) is 0 Å². The lowest BCUT2D eigenvalue weighted by atomic mass is 10.3. The molecule has 0 spiro atoms. The summed E-state index contributed by atoms with van der Waals surface area (Å²) >= 11 is 3.31. The van der Waals surface area contributed by atoms with Crippen molar-refractivity contribution in [2.45, 2.75) is 13.0 Å². The Morgan fingerprint density at radius 1 is 1.67 bits per heavy atom. The lowest BCUT2D eigenvalue weighted by molar-refractivity contribution is -0.121. The van der Waals surface area contributed by atoms with E-state index in [0.717, 1.165) is 4.47 Å². The SMILES string of the molecule is CNC(=O)C(C)Nc1ncc(N)cc1Br. The van der Waals surface area contributed by atoms with Crippen LogP contribution in [0.25, 0.3) is 0 Å². The molecule has 15 heavy (non-hydrogen) atoms. The number of nitrogens with one attached hydrogen (secondary N) is 2. The molecule has 1 rings (SSSR count). The van der Waals surface area contributed by atoms with E-state index in [0.29, 0.717) is 11.5 Å². The van der Waals surface area contributed by atoms with Gasteiger partial charge >= 0.3 is 0 Å². The van der Waals surface area contributed by atoms with Crippen molar-refractivity contribution in [3.63, 3.8) is 0 Å². The number of pyridine rings is 1. The highest BCUT2D eigenvalue weighted by Crippen LogP contribution is 2.22. The standard InChI is InChI=1S/C9H13BrN4O/c1-5(9(15)12-2)14-8-7(10)3-6(11)4-13-8/h3-5H,11H2,1-2H3,(H,12,15)(H,13,14). The predicted octanol–water partition coefficient (Wildman–Crippen LogP) is 0.973. The molecule has 4 N–H and O–H groups in total. The first-order valence-corrected chi connectivity index (χ1v) is 5.23. The van der Waals surface area contributed by atoms with Crippen LogP contribution >= 0.6 is 15.9 Å². The van der Waals surface area contributed by atoms with E-state index in [4.69, 9.17) is 5.73 Å². The van der Waals surface area contributed by atoms with Gasteiger partial charge < -0.3 is 16.4 Å². The molecule has 0 fully saturated rings. The number of likely N-dealkylation sites (N-methyl/N-ethyl adjacent to an activating group) is 1. The highest BCUT2D eigenvalue weighted by atomic mass is 79.9. The summed E-state index contributed by atoms with van der Waals surface area (Å²) in [6.45, 7) is 1.75. The third kappa shape index (κ3) is 3.09. The fraction of sp³-hybridized carbons (Fsp3) is 0.333. The van der Waals surface area contributed by atoms with Gasteiger partial charge in [0.1, 0.15) is 11.9 Å². The number of rotatable bonds is 3. The van der Waals surface area contributed by atoms with Crippen molar-refractivity contribution < 1.29 is 4.79 Å². The highest BCUT2D eigenvalue weighted by Gasteiger charge is 2.12. The van der Waals surface area contributed by atoms with Crippen molar-refractivity contribution in [2.75, 3.05) is 18.1 Å². The Hall–Kier alpha value is -1.30. The normalized spacial score (nSPS) is 11.9. The van der Waals surface area contributed by atoms with E-state index in [1.54, 1.807) is 20.0 Å². The fourth-order valence-electron chi connectivity index (χ4n) is 1.05. The van der Waals surface area contributed by atoms with Gasteiger partial charge in [-0.25, -0.2) is 4.98 Å². The maximum atomic E-state index is 11.3. The Bertz CT molecular complexity index is 369. The molecule has 1 aromatic heterocycles. The van der Waals surface area contributed by atoms with Crippen LogP contribution in [0, 0.1) is 0 Å². The number of hydrogen-bond donors (Lipinski definition) is 3. The summed E-state index contributed by atoms with van der Waals surface area (Å²) < 4.78 is 0.734.